The third-order valence-corrected chi connectivity index (χ3v) is 11.0. The SMILES string of the molecule is CCN(CC)P(=O)(Nc1ccc([N+](=O)[O-])cc1)c1c(C)nn(CCOC(=O)c2ccc(Br)cc2)c1NC(=O)c1ccc(Br)cc1. The number of carbonyl (C=O) groups excluding carboxylic acids is 2. The maximum Gasteiger partial charge on any atom is 0.338 e. The average Bonchev–Trinajstić information content (AvgIpc) is 3.33. The van der Waals surface area contributed by atoms with Crippen LogP contribution in [0, 0.1) is 17.0 Å². The number of ether oxygens (including phenoxy) is 1. The molecule has 1 amide bonds. The number of non-ortho nitro benzene ring substituents is 1. The number of nitrogens with one attached hydrogen (secondary N) is 2. The molecular formula is C30H31Br2N6O6P. The Hall–Kier alpha value is -3.84. The third kappa shape index (κ3) is 8.06. The summed E-state index contributed by atoms with van der Waals surface area (Å²) in [6.07, 6.45) is 0. The highest BCUT2D eigenvalue weighted by Crippen LogP contribution is 2.51. The smallest absolute Gasteiger partial charge is 0.338 e. The molecule has 1 heterocycles. The molecule has 0 saturated carbocycles. The van der Waals surface area contributed by atoms with E-state index in [1.165, 1.54) is 28.9 Å². The van der Waals surface area contributed by atoms with Crippen LogP contribution in [0.3, 0.4) is 0 Å². The number of nitrogens with zero attached hydrogens (tertiary/aromatic N) is 4. The first-order valence-corrected chi connectivity index (χ1v) is 17.2. The standard InChI is InChI=1S/C30H31Br2N6O6P/c1-4-36(5-2)45(43,35-25-14-16-26(17-15-25)38(41)42)27-20(3)34-37(18-19-44-30(40)22-8-12-24(32)13-9-22)28(27)33-29(39)21-6-10-23(31)11-7-21/h6-17H,4-5,18-19H2,1-3H3,(H,33,39)(H,35,43). The maximum atomic E-state index is 15.2. The van der Waals surface area contributed by atoms with Crippen LogP contribution in [0.1, 0.15) is 40.3 Å². The quantitative estimate of drug-likeness (QED) is 0.0636. The zero-order chi connectivity index (χ0) is 32.7. The highest BCUT2D eigenvalue weighted by atomic mass is 79.9. The molecule has 45 heavy (non-hydrogen) atoms. The Labute approximate surface area is 277 Å². The fourth-order valence-corrected chi connectivity index (χ4v) is 7.92. The summed E-state index contributed by atoms with van der Waals surface area (Å²) in [7, 11) is -3.76. The van der Waals surface area contributed by atoms with Gasteiger partial charge in [-0.1, -0.05) is 45.7 Å². The minimum Gasteiger partial charge on any atom is -0.460 e. The molecule has 0 spiro atoms. The van der Waals surface area contributed by atoms with Crippen molar-refractivity contribution in [3.63, 3.8) is 0 Å². The normalized spacial score (nSPS) is 12.4. The Morgan fingerprint density at radius 3 is 2.04 bits per heavy atom. The van der Waals surface area contributed by atoms with Gasteiger partial charge in [0.1, 0.15) is 17.7 Å². The molecule has 3 aromatic carbocycles. The fraction of sp³-hybridized carbons (Fsp3) is 0.233. The summed E-state index contributed by atoms with van der Waals surface area (Å²) in [6, 6.07) is 19.1. The summed E-state index contributed by atoms with van der Waals surface area (Å²) in [4.78, 5) is 36.8. The summed E-state index contributed by atoms with van der Waals surface area (Å²) in [5.74, 6) is -0.816. The van der Waals surface area contributed by atoms with Gasteiger partial charge in [-0.05, 0) is 67.6 Å². The molecular weight excluding hydrogens is 731 g/mol. The van der Waals surface area contributed by atoms with Gasteiger partial charge in [-0.3, -0.25) is 19.5 Å². The number of halogens is 2. The van der Waals surface area contributed by atoms with Gasteiger partial charge in [-0.25, -0.2) is 14.1 Å². The summed E-state index contributed by atoms with van der Waals surface area (Å²) in [5.41, 5.74) is 1.39. The Morgan fingerprint density at radius 1 is 0.956 bits per heavy atom. The Kier molecular flexibility index (Phi) is 11.3. The van der Waals surface area contributed by atoms with Crippen LogP contribution in [-0.4, -0.2) is 50.9 Å². The number of benzene rings is 3. The predicted molar refractivity (Wildman–Crippen MR) is 180 cm³/mol. The topological polar surface area (TPSA) is 149 Å². The number of esters is 1. The second kappa shape index (κ2) is 15.0. The van der Waals surface area contributed by atoms with Gasteiger partial charge in [-0.15, -0.1) is 0 Å². The lowest BCUT2D eigenvalue weighted by Gasteiger charge is -2.31. The molecule has 1 atom stereocenters. The van der Waals surface area contributed by atoms with E-state index in [1.807, 2.05) is 13.8 Å². The summed E-state index contributed by atoms with van der Waals surface area (Å²) < 4.78 is 25.5. The van der Waals surface area contributed by atoms with Crippen molar-refractivity contribution in [1.29, 1.82) is 0 Å². The van der Waals surface area contributed by atoms with E-state index in [-0.39, 0.29) is 30.0 Å². The van der Waals surface area contributed by atoms with E-state index < -0.39 is 24.2 Å². The van der Waals surface area contributed by atoms with Crippen LogP contribution in [0.2, 0.25) is 0 Å². The number of aromatic nitrogens is 2. The fourth-order valence-electron chi connectivity index (χ4n) is 4.62. The highest BCUT2D eigenvalue weighted by molar-refractivity contribution is 9.10. The second-order valence-electron chi connectivity index (χ2n) is 9.74. The van der Waals surface area contributed by atoms with Crippen molar-refractivity contribution in [1.82, 2.24) is 14.5 Å². The molecule has 0 aliphatic heterocycles. The predicted octanol–water partition coefficient (Wildman–Crippen LogP) is 7.01. The van der Waals surface area contributed by atoms with E-state index >= 15 is 4.57 Å². The number of hydrogen-bond acceptors (Lipinski definition) is 7. The molecule has 0 aliphatic rings. The molecule has 1 unspecified atom stereocenters. The minimum atomic E-state index is -3.76. The van der Waals surface area contributed by atoms with E-state index in [1.54, 1.807) is 60.1 Å². The number of hydrogen-bond donors (Lipinski definition) is 2. The monoisotopic (exact) mass is 760 g/mol. The Morgan fingerprint density at radius 2 is 1.51 bits per heavy atom. The number of rotatable bonds is 13. The van der Waals surface area contributed by atoms with Gasteiger partial charge in [0.2, 0.25) is 0 Å². The summed E-state index contributed by atoms with van der Waals surface area (Å²) in [6.45, 7) is 6.12. The highest BCUT2D eigenvalue weighted by Gasteiger charge is 2.39. The number of amides is 1. The van der Waals surface area contributed by atoms with Crippen molar-refractivity contribution in [2.45, 2.75) is 27.3 Å². The van der Waals surface area contributed by atoms with Gasteiger partial charge in [0, 0.05) is 45.4 Å². The molecule has 0 radical (unpaired) electrons. The Balaban J connectivity index is 1.74. The summed E-state index contributed by atoms with van der Waals surface area (Å²) >= 11 is 6.71. The zero-order valence-corrected chi connectivity index (χ0v) is 28.8. The van der Waals surface area contributed by atoms with Crippen LogP contribution < -0.4 is 15.7 Å². The van der Waals surface area contributed by atoms with E-state index in [4.69, 9.17) is 4.74 Å². The van der Waals surface area contributed by atoms with Gasteiger partial charge in [0.15, 0.2) is 0 Å². The first-order chi connectivity index (χ1) is 21.5. The van der Waals surface area contributed by atoms with E-state index in [0.717, 1.165) is 8.95 Å². The van der Waals surface area contributed by atoms with Crippen LogP contribution in [0.15, 0.2) is 81.7 Å². The lowest BCUT2D eigenvalue weighted by molar-refractivity contribution is -0.384. The van der Waals surface area contributed by atoms with Gasteiger partial charge < -0.3 is 15.1 Å². The van der Waals surface area contributed by atoms with Crippen molar-refractivity contribution in [3.8, 4) is 0 Å². The van der Waals surface area contributed by atoms with Crippen molar-refractivity contribution in [2.24, 2.45) is 0 Å². The lowest BCUT2D eigenvalue weighted by Crippen LogP contribution is -2.33. The first-order valence-electron chi connectivity index (χ1n) is 13.9. The van der Waals surface area contributed by atoms with Crippen LogP contribution in [0.25, 0.3) is 0 Å². The molecule has 0 aliphatic carbocycles. The minimum absolute atomic E-state index is 0.0504. The molecule has 4 aromatic rings. The number of anilines is 2. The first kappa shape index (κ1) is 34.0. The average molecular weight is 762 g/mol. The number of nitro benzene ring substituents is 1. The van der Waals surface area contributed by atoms with E-state index in [9.17, 15) is 19.7 Å². The molecule has 15 heteroatoms. The van der Waals surface area contributed by atoms with Gasteiger partial charge in [0.05, 0.1) is 22.7 Å². The molecule has 236 valence electrons. The molecule has 1 aromatic heterocycles. The van der Waals surface area contributed by atoms with Crippen molar-refractivity contribution in [3.05, 3.63) is 109 Å². The number of carbonyl (C=O) groups is 2. The molecule has 4 rings (SSSR count). The maximum absolute atomic E-state index is 15.2. The molecule has 0 bridgehead atoms. The van der Waals surface area contributed by atoms with Crippen LogP contribution >= 0.6 is 39.3 Å². The van der Waals surface area contributed by atoms with E-state index in [0.29, 0.717) is 35.6 Å². The largest absolute Gasteiger partial charge is 0.460 e. The van der Waals surface area contributed by atoms with Crippen molar-refractivity contribution in [2.75, 3.05) is 30.1 Å². The lowest BCUT2D eigenvalue weighted by atomic mass is 10.2. The molecule has 0 saturated heterocycles. The molecule has 12 nitrogen and oxygen atoms in total. The van der Waals surface area contributed by atoms with Gasteiger partial charge >= 0.3 is 5.97 Å². The van der Waals surface area contributed by atoms with Crippen molar-refractivity contribution < 1.29 is 23.8 Å². The van der Waals surface area contributed by atoms with Crippen LogP contribution in [0.5, 0.6) is 0 Å². The van der Waals surface area contributed by atoms with Crippen LogP contribution in [-0.2, 0) is 15.8 Å². The number of aryl methyl sites for hydroxylation is 1. The van der Waals surface area contributed by atoms with E-state index in [2.05, 4.69) is 47.4 Å². The zero-order valence-electron chi connectivity index (χ0n) is 24.7. The van der Waals surface area contributed by atoms with Crippen molar-refractivity contribution >= 4 is 73.7 Å². The van der Waals surface area contributed by atoms with Crippen LogP contribution in [0.4, 0.5) is 17.2 Å². The third-order valence-electron chi connectivity index (χ3n) is 6.84. The molecule has 2 N–H and O–H groups in total. The molecule has 0 fully saturated rings. The Bertz CT molecular complexity index is 1730. The van der Waals surface area contributed by atoms with Gasteiger partial charge in [-0.2, -0.15) is 5.10 Å². The summed E-state index contributed by atoms with van der Waals surface area (Å²) in [5, 5.41) is 22.1. The number of nitro groups is 1. The van der Waals surface area contributed by atoms with Gasteiger partial charge in [0.25, 0.3) is 19.0 Å². The second-order valence-corrected chi connectivity index (χ2v) is 14.0.